The lowest BCUT2D eigenvalue weighted by molar-refractivity contribution is 0.141. The Morgan fingerprint density at radius 2 is 2.09 bits per heavy atom. The van der Waals surface area contributed by atoms with E-state index in [9.17, 15) is 8.78 Å². The highest BCUT2D eigenvalue weighted by molar-refractivity contribution is 5.89. The Hall–Kier alpha value is -1.82. The molecule has 1 aliphatic heterocycles. The molecule has 4 nitrogen and oxygen atoms in total. The van der Waals surface area contributed by atoms with Gasteiger partial charge in [-0.3, -0.25) is 0 Å². The summed E-state index contributed by atoms with van der Waals surface area (Å²) in [5.41, 5.74) is 0.548. The van der Waals surface area contributed by atoms with Gasteiger partial charge >= 0.3 is 0 Å². The molecule has 2 heterocycles. The third-order valence-electron chi connectivity index (χ3n) is 4.24. The molecular formula is C16H20F2N4. The Labute approximate surface area is 128 Å². The zero-order chi connectivity index (χ0) is 15.5. The second-order valence-corrected chi connectivity index (χ2v) is 5.76. The van der Waals surface area contributed by atoms with E-state index in [1.54, 1.807) is 12.1 Å². The number of aromatic nitrogens is 2. The predicted octanol–water partition coefficient (Wildman–Crippen LogP) is 3.46. The number of hydrogen-bond donors (Lipinski definition) is 1. The van der Waals surface area contributed by atoms with Crippen molar-refractivity contribution in [3.8, 4) is 0 Å². The van der Waals surface area contributed by atoms with Crippen LogP contribution in [0.25, 0.3) is 10.9 Å². The van der Waals surface area contributed by atoms with Crippen molar-refractivity contribution in [1.29, 1.82) is 0 Å². The molecule has 3 rings (SSSR count). The van der Waals surface area contributed by atoms with Crippen molar-refractivity contribution < 1.29 is 8.78 Å². The molecule has 1 aliphatic rings. The van der Waals surface area contributed by atoms with Gasteiger partial charge in [0.1, 0.15) is 5.82 Å². The molecular weight excluding hydrogens is 286 g/mol. The number of nitrogens with one attached hydrogen (secondary N) is 1. The number of alkyl halides is 2. The standard InChI is InChI=1S/C16H20F2N4/c1-22-9-5-4-6-11(22)10-19-15-12-7-2-3-8-13(12)20-16(21-15)14(17)18/h2-3,7-8,11,14H,4-6,9-10H2,1H3,(H,19,20,21). The van der Waals surface area contributed by atoms with E-state index in [0.717, 1.165) is 18.4 Å². The number of piperidine rings is 1. The molecule has 1 aromatic carbocycles. The first-order valence-electron chi connectivity index (χ1n) is 7.64. The summed E-state index contributed by atoms with van der Waals surface area (Å²) in [4.78, 5) is 10.3. The molecule has 6 heteroatoms. The molecule has 0 spiro atoms. The molecule has 1 unspecified atom stereocenters. The number of anilines is 1. The van der Waals surface area contributed by atoms with Crippen LogP contribution in [0, 0.1) is 0 Å². The van der Waals surface area contributed by atoms with E-state index in [0.29, 0.717) is 23.9 Å². The number of benzene rings is 1. The third-order valence-corrected chi connectivity index (χ3v) is 4.24. The van der Waals surface area contributed by atoms with E-state index in [2.05, 4.69) is 27.2 Å². The van der Waals surface area contributed by atoms with Crippen molar-refractivity contribution in [3.05, 3.63) is 30.1 Å². The van der Waals surface area contributed by atoms with Gasteiger partial charge in [-0.15, -0.1) is 0 Å². The van der Waals surface area contributed by atoms with E-state index in [-0.39, 0.29) is 0 Å². The van der Waals surface area contributed by atoms with Gasteiger partial charge in [0.15, 0.2) is 5.82 Å². The van der Waals surface area contributed by atoms with E-state index in [1.165, 1.54) is 12.8 Å². The highest BCUT2D eigenvalue weighted by atomic mass is 19.3. The number of hydrogen-bond acceptors (Lipinski definition) is 4. The summed E-state index contributed by atoms with van der Waals surface area (Å²) >= 11 is 0. The van der Waals surface area contributed by atoms with Gasteiger partial charge in [-0.2, -0.15) is 0 Å². The molecule has 22 heavy (non-hydrogen) atoms. The number of fused-ring (bicyclic) bond motifs is 1. The molecule has 0 aliphatic carbocycles. The number of rotatable bonds is 4. The van der Waals surface area contributed by atoms with Gasteiger partial charge in [0, 0.05) is 18.0 Å². The van der Waals surface area contributed by atoms with Crippen LogP contribution < -0.4 is 5.32 Å². The fourth-order valence-electron chi connectivity index (χ4n) is 2.94. The zero-order valence-corrected chi connectivity index (χ0v) is 12.6. The zero-order valence-electron chi connectivity index (χ0n) is 12.6. The molecule has 1 fully saturated rings. The van der Waals surface area contributed by atoms with E-state index < -0.39 is 12.2 Å². The largest absolute Gasteiger partial charge is 0.368 e. The van der Waals surface area contributed by atoms with Gasteiger partial charge in [0.25, 0.3) is 6.43 Å². The van der Waals surface area contributed by atoms with E-state index in [4.69, 9.17) is 0 Å². The predicted molar refractivity (Wildman–Crippen MR) is 83.3 cm³/mol. The summed E-state index contributed by atoms with van der Waals surface area (Å²) in [7, 11) is 2.11. The second-order valence-electron chi connectivity index (χ2n) is 5.76. The first kappa shape index (κ1) is 15.1. The van der Waals surface area contributed by atoms with Crippen LogP contribution in [0.4, 0.5) is 14.6 Å². The lowest BCUT2D eigenvalue weighted by atomic mass is 10.0. The molecule has 0 saturated carbocycles. The number of likely N-dealkylation sites (tertiary alicyclic amines) is 1. The molecule has 1 atom stereocenters. The molecule has 118 valence electrons. The van der Waals surface area contributed by atoms with Gasteiger partial charge in [0.05, 0.1) is 5.52 Å². The summed E-state index contributed by atoms with van der Waals surface area (Å²) in [6.07, 6.45) is 0.888. The lowest BCUT2D eigenvalue weighted by Crippen LogP contribution is -2.40. The van der Waals surface area contributed by atoms with Crippen LogP contribution in [0.15, 0.2) is 24.3 Å². The summed E-state index contributed by atoms with van der Waals surface area (Å²) in [5, 5.41) is 4.04. The first-order valence-corrected chi connectivity index (χ1v) is 7.64. The van der Waals surface area contributed by atoms with Crippen LogP contribution in [0.3, 0.4) is 0 Å². The van der Waals surface area contributed by atoms with Crippen molar-refractivity contribution in [2.45, 2.75) is 31.7 Å². The fraction of sp³-hybridized carbons (Fsp3) is 0.500. The summed E-state index contributed by atoms with van der Waals surface area (Å²) in [6, 6.07) is 7.67. The third kappa shape index (κ3) is 3.16. The number of halogens is 2. The van der Waals surface area contributed by atoms with Crippen molar-refractivity contribution in [2.24, 2.45) is 0 Å². The maximum Gasteiger partial charge on any atom is 0.297 e. The first-order chi connectivity index (χ1) is 10.6. The van der Waals surface area contributed by atoms with Crippen molar-refractivity contribution in [1.82, 2.24) is 14.9 Å². The topological polar surface area (TPSA) is 41.0 Å². The SMILES string of the molecule is CN1CCCCC1CNc1nc(C(F)F)nc2ccccc12. The quantitative estimate of drug-likeness (QED) is 0.939. The number of para-hydroxylation sites is 1. The average Bonchev–Trinajstić information content (AvgIpc) is 2.53. The Balaban J connectivity index is 1.85. The highest BCUT2D eigenvalue weighted by Gasteiger charge is 2.20. The van der Waals surface area contributed by atoms with E-state index in [1.807, 2.05) is 12.1 Å². The molecule has 0 amide bonds. The minimum Gasteiger partial charge on any atom is -0.368 e. The van der Waals surface area contributed by atoms with Crippen molar-refractivity contribution in [2.75, 3.05) is 25.5 Å². The Bertz CT molecular complexity index is 647. The maximum atomic E-state index is 13.0. The van der Waals surface area contributed by atoms with Gasteiger partial charge in [0.2, 0.25) is 0 Å². The van der Waals surface area contributed by atoms with Gasteiger partial charge in [-0.25, -0.2) is 18.7 Å². The van der Waals surface area contributed by atoms with Crippen LogP contribution in [-0.2, 0) is 0 Å². The maximum absolute atomic E-state index is 13.0. The lowest BCUT2D eigenvalue weighted by Gasteiger charge is -2.32. The Kier molecular flexibility index (Phi) is 4.47. The highest BCUT2D eigenvalue weighted by Crippen LogP contribution is 2.25. The molecule has 0 radical (unpaired) electrons. The van der Waals surface area contributed by atoms with Gasteiger partial charge in [-0.05, 0) is 38.6 Å². The van der Waals surface area contributed by atoms with Crippen LogP contribution in [-0.4, -0.2) is 41.0 Å². The molecule has 2 aromatic rings. The average molecular weight is 306 g/mol. The van der Waals surface area contributed by atoms with Crippen molar-refractivity contribution >= 4 is 16.7 Å². The minimum atomic E-state index is -2.66. The van der Waals surface area contributed by atoms with Crippen LogP contribution in [0.1, 0.15) is 31.5 Å². The minimum absolute atomic E-state index is 0.414. The summed E-state index contributed by atoms with van der Waals surface area (Å²) in [6.45, 7) is 1.79. The fourth-order valence-corrected chi connectivity index (χ4v) is 2.94. The van der Waals surface area contributed by atoms with Gasteiger partial charge in [-0.1, -0.05) is 18.6 Å². The number of likely N-dealkylation sites (N-methyl/N-ethyl adjacent to an activating group) is 1. The molecule has 0 bridgehead atoms. The monoisotopic (exact) mass is 306 g/mol. The number of nitrogens with zero attached hydrogens (tertiary/aromatic N) is 3. The molecule has 1 N–H and O–H groups in total. The van der Waals surface area contributed by atoms with Crippen molar-refractivity contribution in [3.63, 3.8) is 0 Å². The van der Waals surface area contributed by atoms with Crippen LogP contribution >= 0.6 is 0 Å². The van der Waals surface area contributed by atoms with Crippen LogP contribution in [0.2, 0.25) is 0 Å². The summed E-state index contributed by atoms with van der Waals surface area (Å²) < 4.78 is 25.9. The normalized spacial score (nSPS) is 19.7. The molecule has 1 aromatic heterocycles. The second kappa shape index (κ2) is 6.52. The Morgan fingerprint density at radius 3 is 2.86 bits per heavy atom. The smallest absolute Gasteiger partial charge is 0.297 e. The summed E-state index contributed by atoms with van der Waals surface area (Å²) in [5.74, 6) is 0.0815. The molecule has 1 saturated heterocycles. The van der Waals surface area contributed by atoms with E-state index >= 15 is 0 Å². The van der Waals surface area contributed by atoms with Gasteiger partial charge < -0.3 is 10.2 Å². The van der Waals surface area contributed by atoms with Crippen LogP contribution in [0.5, 0.6) is 0 Å². The Morgan fingerprint density at radius 1 is 1.27 bits per heavy atom.